The zero-order valence-electron chi connectivity index (χ0n) is 36.6. The Balaban J connectivity index is 4.36. The van der Waals surface area contributed by atoms with Crippen LogP contribution >= 0.6 is 7.82 Å². The van der Waals surface area contributed by atoms with Gasteiger partial charge in [0.15, 0.2) is 0 Å². The Bertz CT molecular complexity index is 995. The molecule has 0 aliphatic carbocycles. The normalized spacial score (nSPS) is 14.7. The molecule has 2 N–H and O–H groups in total. The summed E-state index contributed by atoms with van der Waals surface area (Å²) in [5.74, 6) is -0.182. The third-order valence-electron chi connectivity index (χ3n) is 10.1. The van der Waals surface area contributed by atoms with Crippen molar-refractivity contribution in [1.29, 1.82) is 0 Å². The van der Waals surface area contributed by atoms with Crippen molar-refractivity contribution in [2.24, 2.45) is 0 Å². The summed E-state index contributed by atoms with van der Waals surface area (Å²) in [6, 6.07) is -0.808. The summed E-state index contributed by atoms with van der Waals surface area (Å²) in [5, 5.41) is 13.9. The molecule has 0 spiro atoms. The van der Waals surface area contributed by atoms with E-state index < -0.39 is 20.0 Å². The molecule has 0 bridgehead atoms. The summed E-state index contributed by atoms with van der Waals surface area (Å²) in [7, 11) is 1.29. The fourth-order valence-electron chi connectivity index (χ4n) is 6.52. The first-order chi connectivity index (χ1) is 26.5. The van der Waals surface area contributed by atoms with Gasteiger partial charge in [0.25, 0.3) is 7.82 Å². The van der Waals surface area contributed by atoms with Gasteiger partial charge >= 0.3 is 0 Å². The number of hydrogen-bond donors (Lipinski definition) is 2. The zero-order valence-corrected chi connectivity index (χ0v) is 37.5. The molecule has 0 fully saturated rings. The Morgan fingerprint density at radius 2 is 1.11 bits per heavy atom. The van der Waals surface area contributed by atoms with E-state index in [1.54, 1.807) is 0 Å². The number of hydrogen-bond acceptors (Lipinski definition) is 6. The lowest BCUT2D eigenvalue weighted by atomic mass is 10.0. The molecule has 0 aromatic rings. The highest BCUT2D eigenvalue weighted by atomic mass is 31.2. The molecule has 3 atom stereocenters. The van der Waals surface area contributed by atoms with Crippen molar-refractivity contribution in [2.75, 3.05) is 40.9 Å². The standard InChI is InChI=1S/C46H89N2O6P/c1-6-8-10-12-14-16-18-20-22-23-24-26-27-29-31-33-35-37-39-45(49)44(43-54-55(51,52)53-42-41-48(3,4)5)47-46(50)40-38-36-34-32-30-28-25-21-19-17-15-13-11-9-7-2/h9,11,15,17,21,25,44-45,49H,6-8,10,12-14,16,18-20,22-24,26-43H2,1-5H3,(H-,47,50,51,52)/b11-9-,17-15-,25-21-. The number of unbranched alkanes of at least 4 members (excludes halogenated alkanes) is 22. The zero-order chi connectivity index (χ0) is 40.7. The first kappa shape index (κ1) is 53.7. The van der Waals surface area contributed by atoms with E-state index in [0.29, 0.717) is 23.9 Å². The van der Waals surface area contributed by atoms with Gasteiger partial charge in [0, 0.05) is 6.42 Å². The Morgan fingerprint density at radius 1 is 0.655 bits per heavy atom. The first-order valence-electron chi connectivity index (χ1n) is 22.8. The van der Waals surface area contributed by atoms with Crippen LogP contribution in [0.25, 0.3) is 0 Å². The molecule has 0 saturated carbocycles. The predicted octanol–water partition coefficient (Wildman–Crippen LogP) is 12.1. The van der Waals surface area contributed by atoms with Crippen LogP contribution in [0.2, 0.25) is 0 Å². The maximum Gasteiger partial charge on any atom is 0.268 e. The van der Waals surface area contributed by atoms with Crippen molar-refractivity contribution in [1.82, 2.24) is 5.32 Å². The molecular weight excluding hydrogens is 707 g/mol. The maximum atomic E-state index is 12.9. The molecule has 0 rings (SSSR count). The lowest BCUT2D eigenvalue weighted by Crippen LogP contribution is -2.46. The number of nitrogens with zero attached hydrogens (tertiary/aromatic N) is 1. The molecule has 0 aliphatic heterocycles. The largest absolute Gasteiger partial charge is 0.756 e. The van der Waals surface area contributed by atoms with Crippen molar-refractivity contribution in [2.45, 2.75) is 212 Å². The molecule has 0 aliphatic rings. The van der Waals surface area contributed by atoms with E-state index in [4.69, 9.17) is 9.05 Å². The van der Waals surface area contributed by atoms with Crippen LogP contribution in [-0.4, -0.2) is 68.5 Å². The van der Waals surface area contributed by atoms with Gasteiger partial charge < -0.3 is 28.8 Å². The molecule has 9 heteroatoms. The van der Waals surface area contributed by atoms with E-state index in [1.165, 1.54) is 96.3 Å². The van der Waals surface area contributed by atoms with Gasteiger partial charge in [0.05, 0.1) is 39.9 Å². The van der Waals surface area contributed by atoms with Crippen LogP contribution in [-0.2, 0) is 18.4 Å². The maximum absolute atomic E-state index is 12.9. The molecule has 0 heterocycles. The summed E-state index contributed by atoms with van der Waals surface area (Å²) in [5.41, 5.74) is 0. The molecule has 0 radical (unpaired) electrons. The van der Waals surface area contributed by atoms with Crippen LogP contribution in [0.3, 0.4) is 0 Å². The smallest absolute Gasteiger partial charge is 0.268 e. The highest BCUT2D eigenvalue weighted by molar-refractivity contribution is 7.45. The van der Waals surface area contributed by atoms with E-state index in [1.807, 2.05) is 21.1 Å². The highest BCUT2D eigenvalue weighted by Gasteiger charge is 2.24. The van der Waals surface area contributed by atoms with Crippen molar-refractivity contribution < 1.29 is 32.9 Å². The quantitative estimate of drug-likeness (QED) is 0.0276. The Morgan fingerprint density at radius 3 is 1.62 bits per heavy atom. The first-order valence-corrected chi connectivity index (χ1v) is 24.3. The minimum absolute atomic E-state index is 0.00793. The van der Waals surface area contributed by atoms with Crippen LogP contribution < -0.4 is 10.2 Å². The van der Waals surface area contributed by atoms with Crippen molar-refractivity contribution in [3.63, 3.8) is 0 Å². The minimum Gasteiger partial charge on any atom is -0.756 e. The summed E-state index contributed by atoms with van der Waals surface area (Å²) in [4.78, 5) is 25.3. The number of phosphoric ester groups is 1. The summed E-state index contributed by atoms with van der Waals surface area (Å²) >= 11 is 0. The average molecular weight is 797 g/mol. The molecule has 55 heavy (non-hydrogen) atoms. The number of aliphatic hydroxyl groups is 1. The second-order valence-electron chi connectivity index (χ2n) is 16.7. The summed E-state index contributed by atoms with van der Waals surface area (Å²) < 4.78 is 23.3. The second-order valence-corrected chi connectivity index (χ2v) is 18.1. The van der Waals surface area contributed by atoms with Gasteiger partial charge in [-0.15, -0.1) is 0 Å². The van der Waals surface area contributed by atoms with Gasteiger partial charge in [-0.3, -0.25) is 9.36 Å². The number of carbonyl (C=O) groups is 1. The Hall–Kier alpha value is -1.28. The van der Waals surface area contributed by atoms with Gasteiger partial charge in [-0.2, -0.15) is 0 Å². The number of amides is 1. The molecule has 0 aromatic carbocycles. The number of aliphatic hydroxyl groups excluding tert-OH is 1. The molecular formula is C46H89N2O6P. The van der Waals surface area contributed by atoms with E-state index in [-0.39, 0.29) is 19.1 Å². The van der Waals surface area contributed by atoms with Crippen molar-refractivity contribution in [3.8, 4) is 0 Å². The topological polar surface area (TPSA) is 108 Å². The Kier molecular flexibility index (Phi) is 37.4. The number of quaternary nitrogens is 1. The van der Waals surface area contributed by atoms with Crippen LogP contribution in [0.4, 0.5) is 0 Å². The fraction of sp³-hybridized carbons (Fsp3) is 0.848. The van der Waals surface area contributed by atoms with Gasteiger partial charge in [0.1, 0.15) is 13.2 Å². The number of allylic oxidation sites excluding steroid dienone is 6. The van der Waals surface area contributed by atoms with Gasteiger partial charge in [-0.1, -0.05) is 185 Å². The SMILES string of the molecule is CC/C=C\C/C=C\C/C=C\CCCCCCCC(=O)NC(COP(=O)([O-])OCC[N+](C)(C)C)C(O)CCCCCCCCCCCCCCCCCCCC. The van der Waals surface area contributed by atoms with Gasteiger partial charge in [0.2, 0.25) is 5.91 Å². The predicted molar refractivity (Wildman–Crippen MR) is 233 cm³/mol. The molecule has 3 unspecified atom stereocenters. The number of carbonyl (C=O) groups excluding carboxylic acids is 1. The van der Waals surface area contributed by atoms with Gasteiger partial charge in [-0.25, -0.2) is 0 Å². The van der Waals surface area contributed by atoms with Crippen molar-refractivity contribution in [3.05, 3.63) is 36.5 Å². The molecule has 8 nitrogen and oxygen atoms in total. The van der Waals surface area contributed by atoms with E-state index >= 15 is 0 Å². The number of nitrogens with one attached hydrogen (secondary N) is 1. The van der Waals surface area contributed by atoms with Crippen LogP contribution in [0, 0.1) is 0 Å². The van der Waals surface area contributed by atoms with E-state index in [2.05, 4.69) is 55.6 Å². The van der Waals surface area contributed by atoms with Gasteiger partial charge in [-0.05, 0) is 44.9 Å². The fourth-order valence-corrected chi connectivity index (χ4v) is 7.25. The lowest BCUT2D eigenvalue weighted by Gasteiger charge is -2.30. The van der Waals surface area contributed by atoms with Crippen LogP contribution in [0.15, 0.2) is 36.5 Å². The van der Waals surface area contributed by atoms with E-state index in [0.717, 1.165) is 77.0 Å². The second kappa shape index (κ2) is 38.2. The molecule has 0 aromatic heterocycles. The third-order valence-corrected chi connectivity index (χ3v) is 11.1. The number of likely N-dealkylation sites (N-methyl/N-ethyl adjacent to an activating group) is 1. The Labute approximate surface area is 340 Å². The number of rotatable bonds is 41. The number of phosphoric acid groups is 1. The average Bonchev–Trinajstić information content (AvgIpc) is 3.13. The monoisotopic (exact) mass is 797 g/mol. The third kappa shape index (κ3) is 40.7. The van der Waals surface area contributed by atoms with Crippen molar-refractivity contribution >= 4 is 13.7 Å². The van der Waals surface area contributed by atoms with Crippen LogP contribution in [0.5, 0.6) is 0 Å². The highest BCUT2D eigenvalue weighted by Crippen LogP contribution is 2.38. The minimum atomic E-state index is -4.57. The van der Waals surface area contributed by atoms with Crippen LogP contribution in [0.1, 0.15) is 200 Å². The molecule has 0 saturated heterocycles. The van der Waals surface area contributed by atoms with E-state index in [9.17, 15) is 19.4 Å². The molecule has 324 valence electrons. The summed E-state index contributed by atoms with van der Waals surface area (Å²) in [6.45, 7) is 4.60. The lowest BCUT2D eigenvalue weighted by molar-refractivity contribution is -0.870. The molecule has 1 amide bonds. The summed E-state index contributed by atoms with van der Waals surface area (Å²) in [6.07, 6.45) is 45.7.